The van der Waals surface area contributed by atoms with Crippen LogP contribution in [0.15, 0.2) is 72.9 Å². The van der Waals surface area contributed by atoms with Crippen LogP contribution in [0, 0.1) is 6.92 Å². The van der Waals surface area contributed by atoms with Crippen molar-refractivity contribution in [3.63, 3.8) is 0 Å². The van der Waals surface area contributed by atoms with Gasteiger partial charge in [-0.05, 0) is 50.6 Å². The van der Waals surface area contributed by atoms with Crippen LogP contribution < -0.4 is 10.2 Å². The highest BCUT2D eigenvalue weighted by Gasteiger charge is 2.12. The van der Waals surface area contributed by atoms with Gasteiger partial charge in [-0.15, -0.1) is 0 Å². The van der Waals surface area contributed by atoms with Crippen LogP contribution in [0.25, 0.3) is 0 Å². The van der Waals surface area contributed by atoms with E-state index in [0.717, 1.165) is 17.8 Å². The third-order valence-electron chi connectivity index (χ3n) is 4.45. The summed E-state index contributed by atoms with van der Waals surface area (Å²) in [5.74, 6) is 0.396. The molecule has 0 aliphatic rings. The number of pyridine rings is 1. The first-order chi connectivity index (χ1) is 13.0. The van der Waals surface area contributed by atoms with Gasteiger partial charge in [0.2, 0.25) is 0 Å². The summed E-state index contributed by atoms with van der Waals surface area (Å²) in [7, 11) is 0. The molecule has 4 nitrogen and oxygen atoms in total. The number of carbonyl (C=O) groups is 1. The fourth-order valence-corrected chi connectivity index (χ4v) is 2.88. The van der Waals surface area contributed by atoms with Gasteiger partial charge in [0, 0.05) is 18.2 Å². The minimum atomic E-state index is -0.153. The van der Waals surface area contributed by atoms with Crippen molar-refractivity contribution in [2.24, 2.45) is 0 Å². The lowest BCUT2D eigenvalue weighted by molar-refractivity contribution is 0.102. The maximum Gasteiger partial charge on any atom is 0.256 e. The topological polar surface area (TPSA) is 45.2 Å². The van der Waals surface area contributed by atoms with Gasteiger partial charge in [-0.25, -0.2) is 4.98 Å². The van der Waals surface area contributed by atoms with E-state index in [1.54, 1.807) is 0 Å². The first-order valence-electron chi connectivity index (χ1n) is 9.17. The molecule has 0 aliphatic carbocycles. The number of nitrogens with one attached hydrogen (secondary N) is 1. The van der Waals surface area contributed by atoms with E-state index in [4.69, 9.17) is 0 Å². The Balaban J connectivity index is 1.71. The molecule has 4 heteroatoms. The minimum absolute atomic E-state index is 0.153. The van der Waals surface area contributed by atoms with Gasteiger partial charge in [0.25, 0.3) is 5.91 Å². The molecule has 2 aromatic carbocycles. The van der Waals surface area contributed by atoms with Crippen molar-refractivity contribution >= 4 is 17.4 Å². The Morgan fingerprint density at radius 2 is 1.70 bits per heavy atom. The minimum Gasteiger partial charge on any atom is -0.364 e. The smallest absolute Gasteiger partial charge is 0.256 e. The molecule has 1 aromatic heterocycles. The number of anilines is 2. The molecular weight excluding hydrogens is 334 g/mol. The molecule has 1 heterocycles. The molecule has 0 unspecified atom stereocenters. The fraction of sp³-hybridized carbons (Fsp3) is 0.217. The molecule has 138 valence electrons. The summed E-state index contributed by atoms with van der Waals surface area (Å²) in [5.41, 5.74) is 4.03. The van der Waals surface area contributed by atoms with Gasteiger partial charge in [-0.3, -0.25) is 4.79 Å². The van der Waals surface area contributed by atoms with Crippen LogP contribution in [0.3, 0.4) is 0 Å². The normalized spacial score (nSPS) is 10.7. The first-order valence-corrected chi connectivity index (χ1v) is 9.17. The van der Waals surface area contributed by atoms with Gasteiger partial charge in [0.15, 0.2) is 0 Å². The summed E-state index contributed by atoms with van der Waals surface area (Å²) < 4.78 is 0. The predicted molar refractivity (Wildman–Crippen MR) is 111 cm³/mol. The SMILES string of the molecule is Cc1ccc(C(=O)Nc2ccc(N(Cc3ccccc3)C(C)C)cn2)cc1. The number of hydrogen-bond acceptors (Lipinski definition) is 3. The summed E-state index contributed by atoms with van der Waals surface area (Å²) in [6.07, 6.45) is 1.81. The van der Waals surface area contributed by atoms with Gasteiger partial charge in [-0.1, -0.05) is 48.0 Å². The number of benzene rings is 2. The molecule has 3 rings (SSSR count). The van der Waals surface area contributed by atoms with Crippen molar-refractivity contribution in [3.8, 4) is 0 Å². The number of rotatable bonds is 6. The molecule has 0 aliphatic heterocycles. The van der Waals surface area contributed by atoms with Crippen molar-refractivity contribution in [3.05, 3.63) is 89.6 Å². The zero-order chi connectivity index (χ0) is 19.2. The lowest BCUT2D eigenvalue weighted by atomic mass is 10.1. The van der Waals surface area contributed by atoms with Crippen molar-refractivity contribution in [1.29, 1.82) is 0 Å². The van der Waals surface area contributed by atoms with Crippen molar-refractivity contribution in [1.82, 2.24) is 4.98 Å². The highest BCUT2D eigenvalue weighted by molar-refractivity contribution is 6.03. The standard InChI is InChI=1S/C23H25N3O/c1-17(2)26(16-19-7-5-4-6-8-19)21-13-14-22(24-15-21)25-23(27)20-11-9-18(3)10-12-20/h4-15,17H,16H2,1-3H3,(H,24,25,27). The zero-order valence-electron chi connectivity index (χ0n) is 16.0. The van der Waals surface area contributed by atoms with Crippen LogP contribution in [0.5, 0.6) is 0 Å². The molecule has 1 N–H and O–H groups in total. The van der Waals surface area contributed by atoms with Crippen LogP contribution >= 0.6 is 0 Å². The highest BCUT2D eigenvalue weighted by atomic mass is 16.1. The molecule has 3 aromatic rings. The average molecular weight is 359 g/mol. The van der Waals surface area contributed by atoms with E-state index in [1.165, 1.54) is 5.56 Å². The van der Waals surface area contributed by atoms with Crippen molar-refractivity contribution in [2.45, 2.75) is 33.4 Å². The van der Waals surface area contributed by atoms with Gasteiger partial charge >= 0.3 is 0 Å². The Morgan fingerprint density at radius 1 is 1.00 bits per heavy atom. The summed E-state index contributed by atoms with van der Waals surface area (Å²) in [5, 5.41) is 2.85. The molecule has 0 saturated carbocycles. The Hall–Kier alpha value is -3.14. The number of aromatic nitrogens is 1. The maximum atomic E-state index is 12.3. The van der Waals surface area contributed by atoms with Crippen LogP contribution in [0.4, 0.5) is 11.5 Å². The van der Waals surface area contributed by atoms with Gasteiger partial charge < -0.3 is 10.2 Å². The van der Waals surface area contributed by atoms with E-state index < -0.39 is 0 Å². The van der Waals surface area contributed by atoms with Crippen molar-refractivity contribution < 1.29 is 4.79 Å². The third kappa shape index (κ3) is 4.94. The first kappa shape index (κ1) is 18.6. The van der Waals surface area contributed by atoms with Crippen LogP contribution in [0.1, 0.15) is 35.3 Å². The number of nitrogens with zero attached hydrogens (tertiary/aromatic N) is 2. The molecule has 0 fully saturated rings. The summed E-state index contributed by atoms with van der Waals surface area (Å²) >= 11 is 0. The Bertz CT molecular complexity index is 872. The quantitative estimate of drug-likeness (QED) is 0.669. The fourth-order valence-electron chi connectivity index (χ4n) is 2.88. The van der Waals surface area contributed by atoms with E-state index in [0.29, 0.717) is 17.4 Å². The lowest BCUT2D eigenvalue weighted by Crippen LogP contribution is -2.30. The number of hydrogen-bond donors (Lipinski definition) is 1. The summed E-state index contributed by atoms with van der Waals surface area (Å²) in [6, 6.07) is 22.0. The summed E-state index contributed by atoms with van der Waals surface area (Å²) in [4.78, 5) is 19.1. The maximum absolute atomic E-state index is 12.3. The number of amides is 1. The van der Waals surface area contributed by atoms with Crippen LogP contribution in [-0.2, 0) is 6.54 Å². The van der Waals surface area contributed by atoms with Crippen LogP contribution in [0.2, 0.25) is 0 Å². The van der Waals surface area contributed by atoms with E-state index in [1.807, 2.05) is 55.6 Å². The highest BCUT2D eigenvalue weighted by Crippen LogP contribution is 2.21. The Morgan fingerprint density at radius 3 is 2.30 bits per heavy atom. The molecule has 0 atom stereocenters. The predicted octanol–water partition coefficient (Wildman–Crippen LogP) is 5.06. The molecule has 0 saturated heterocycles. The van der Waals surface area contributed by atoms with E-state index in [9.17, 15) is 4.79 Å². The second kappa shape index (κ2) is 8.49. The molecule has 1 amide bonds. The summed E-state index contributed by atoms with van der Waals surface area (Å²) in [6.45, 7) is 7.14. The number of carbonyl (C=O) groups excluding carboxylic acids is 1. The number of aryl methyl sites for hydroxylation is 1. The second-order valence-electron chi connectivity index (χ2n) is 6.93. The molecular formula is C23H25N3O. The molecule has 0 radical (unpaired) electrons. The zero-order valence-corrected chi connectivity index (χ0v) is 16.0. The molecule has 27 heavy (non-hydrogen) atoms. The monoisotopic (exact) mass is 359 g/mol. The Labute approximate surface area is 160 Å². The lowest BCUT2D eigenvalue weighted by Gasteiger charge is -2.29. The van der Waals surface area contributed by atoms with Crippen LogP contribution in [-0.4, -0.2) is 16.9 Å². The van der Waals surface area contributed by atoms with E-state index in [-0.39, 0.29) is 5.91 Å². The third-order valence-corrected chi connectivity index (χ3v) is 4.45. The largest absolute Gasteiger partial charge is 0.364 e. The van der Waals surface area contributed by atoms with E-state index >= 15 is 0 Å². The van der Waals surface area contributed by atoms with Gasteiger partial charge in [-0.2, -0.15) is 0 Å². The second-order valence-corrected chi connectivity index (χ2v) is 6.93. The van der Waals surface area contributed by atoms with Gasteiger partial charge in [0.05, 0.1) is 11.9 Å². The molecule has 0 bridgehead atoms. The molecule has 0 spiro atoms. The van der Waals surface area contributed by atoms with Crippen molar-refractivity contribution in [2.75, 3.05) is 10.2 Å². The van der Waals surface area contributed by atoms with Gasteiger partial charge in [0.1, 0.15) is 5.82 Å². The Kier molecular flexibility index (Phi) is 5.87. The average Bonchev–Trinajstić information content (AvgIpc) is 2.68. The van der Waals surface area contributed by atoms with E-state index in [2.05, 4.69) is 53.3 Å².